The van der Waals surface area contributed by atoms with Gasteiger partial charge in [0.1, 0.15) is 0 Å². The van der Waals surface area contributed by atoms with E-state index in [0.29, 0.717) is 5.92 Å². The zero-order valence-electron chi connectivity index (χ0n) is 16.0. The van der Waals surface area contributed by atoms with E-state index in [4.69, 9.17) is 0 Å². The SMILES string of the molecule is C/C=C/C1CCC2CC(c3ccc(-c4ccc(F)c(F)c4)cc3)CCC2C1. The van der Waals surface area contributed by atoms with Crippen molar-refractivity contribution in [2.75, 3.05) is 0 Å². The Morgan fingerprint density at radius 1 is 0.778 bits per heavy atom. The minimum Gasteiger partial charge on any atom is -0.204 e. The van der Waals surface area contributed by atoms with Gasteiger partial charge in [0.2, 0.25) is 0 Å². The van der Waals surface area contributed by atoms with Crippen LogP contribution in [0.5, 0.6) is 0 Å². The summed E-state index contributed by atoms with van der Waals surface area (Å²) in [5.74, 6) is 1.63. The third-order valence-electron chi connectivity index (χ3n) is 6.75. The summed E-state index contributed by atoms with van der Waals surface area (Å²) in [6.45, 7) is 2.13. The van der Waals surface area contributed by atoms with Crippen molar-refractivity contribution in [1.29, 1.82) is 0 Å². The number of rotatable bonds is 3. The standard InChI is InChI=1S/C25H28F2/c1-2-3-17-4-5-22-15-21(11-10-20(22)14-17)18-6-8-19(9-7-18)23-12-13-24(26)25(27)16-23/h2-3,6-9,12-13,16-17,20-22H,4-5,10-11,14-15H2,1H3/b3-2+. The number of hydrogen-bond donors (Lipinski definition) is 0. The predicted octanol–water partition coefficient (Wildman–Crippen LogP) is 7.51. The molecule has 0 N–H and O–H groups in total. The first-order valence-electron chi connectivity index (χ1n) is 10.3. The van der Waals surface area contributed by atoms with Crippen LogP contribution >= 0.6 is 0 Å². The summed E-state index contributed by atoms with van der Waals surface area (Å²) in [6, 6.07) is 12.6. The second-order valence-corrected chi connectivity index (χ2v) is 8.38. The van der Waals surface area contributed by atoms with E-state index in [9.17, 15) is 8.78 Å². The quantitative estimate of drug-likeness (QED) is 0.493. The van der Waals surface area contributed by atoms with Gasteiger partial charge in [0.25, 0.3) is 0 Å². The first kappa shape index (κ1) is 18.4. The predicted molar refractivity (Wildman–Crippen MR) is 108 cm³/mol. The number of fused-ring (bicyclic) bond motifs is 1. The molecule has 2 aliphatic rings. The van der Waals surface area contributed by atoms with Crippen LogP contribution in [-0.4, -0.2) is 0 Å². The van der Waals surface area contributed by atoms with Gasteiger partial charge in [-0.1, -0.05) is 42.5 Å². The molecule has 4 atom stereocenters. The molecule has 4 unspecified atom stereocenters. The Balaban J connectivity index is 1.43. The van der Waals surface area contributed by atoms with E-state index in [1.807, 2.05) is 0 Å². The number of allylic oxidation sites excluding steroid dienone is 2. The van der Waals surface area contributed by atoms with Crippen LogP contribution in [0.3, 0.4) is 0 Å². The largest absolute Gasteiger partial charge is 0.204 e. The molecule has 0 bridgehead atoms. The minimum absolute atomic E-state index is 0.642. The summed E-state index contributed by atoms with van der Waals surface area (Å²) < 4.78 is 26.6. The maximum absolute atomic E-state index is 13.5. The Hall–Kier alpha value is -1.96. The maximum atomic E-state index is 13.5. The highest BCUT2D eigenvalue weighted by Gasteiger charge is 2.35. The van der Waals surface area contributed by atoms with Crippen LogP contribution in [0.2, 0.25) is 0 Å². The van der Waals surface area contributed by atoms with Crippen LogP contribution in [0.15, 0.2) is 54.6 Å². The van der Waals surface area contributed by atoms with Crippen molar-refractivity contribution < 1.29 is 8.78 Å². The van der Waals surface area contributed by atoms with E-state index in [1.54, 1.807) is 6.07 Å². The Morgan fingerprint density at radius 3 is 2.22 bits per heavy atom. The molecule has 0 aliphatic heterocycles. The highest BCUT2D eigenvalue weighted by molar-refractivity contribution is 5.63. The van der Waals surface area contributed by atoms with Crippen LogP contribution < -0.4 is 0 Å². The van der Waals surface area contributed by atoms with Gasteiger partial charge in [-0.25, -0.2) is 8.78 Å². The Morgan fingerprint density at radius 2 is 1.48 bits per heavy atom. The van der Waals surface area contributed by atoms with Gasteiger partial charge in [-0.3, -0.25) is 0 Å². The van der Waals surface area contributed by atoms with E-state index in [2.05, 4.69) is 43.3 Å². The van der Waals surface area contributed by atoms with Crippen molar-refractivity contribution in [3.8, 4) is 11.1 Å². The molecule has 27 heavy (non-hydrogen) atoms. The fourth-order valence-electron chi connectivity index (χ4n) is 5.30. The molecule has 2 saturated carbocycles. The highest BCUT2D eigenvalue weighted by Crippen LogP contribution is 2.47. The van der Waals surface area contributed by atoms with Gasteiger partial charge in [0, 0.05) is 0 Å². The lowest BCUT2D eigenvalue weighted by atomic mass is 9.64. The van der Waals surface area contributed by atoms with Gasteiger partial charge < -0.3 is 0 Å². The Labute approximate surface area is 161 Å². The molecule has 2 fully saturated rings. The van der Waals surface area contributed by atoms with Crippen molar-refractivity contribution in [1.82, 2.24) is 0 Å². The first-order valence-corrected chi connectivity index (χ1v) is 10.3. The highest BCUT2D eigenvalue weighted by atomic mass is 19.2. The molecule has 2 heteroatoms. The van der Waals surface area contributed by atoms with E-state index in [1.165, 1.54) is 56.2 Å². The topological polar surface area (TPSA) is 0 Å². The van der Waals surface area contributed by atoms with Gasteiger partial charge in [0.05, 0.1) is 0 Å². The molecule has 0 aromatic heterocycles. The molecule has 142 valence electrons. The molecule has 2 aliphatic carbocycles. The monoisotopic (exact) mass is 366 g/mol. The average molecular weight is 366 g/mol. The molecule has 0 radical (unpaired) electrons. The Kier molecular flexibility index (Phi) is 5.43. The van der Waals surface area contributed by atoms with Gasteiger partial charge in [-0.2, -0.15) is 0 Å². The summed E-state index contributed by atoms with van der Waals surface area (Å²) >= 11 is 0. The second kappa shape index (κ2) is 7.96. The fraction of sp³-hybridized carbons (Fsp3) is 0.440. The van der Waals surface area contributed by atoms with E-state index < -0.39 is 11.6 Å². The molecule has 0 heterocycles. The van der Waals surface area contributed by atoms with Crippen LogP contribution in [0.4, 0.5) is 8.78 Å². The van der Waals surface area contributed by atoms with Crippen LogP contribution in [0, 0.1) is 29.4 Å². The van der Waals surface area contributed by atoms with Crippen molar-refractivity contribution in [2.24, 2.45) is 17.8 Å². The lowest BCUT2D eigenvalue weighted by Crippen LogP contribution is -2.30. The number of benzene rings is 2. The van der Waals surface area contributed by atoms with E-state index in [0.717, 1.165) is 28.9 Å². The van der Waals surface area contributed by atoms with Crippen LogP contribution in [0.25, 0.3) is 11.1 Å². The van der Waals surface area contributed by atoms with Gasteiger partial charge in [-0.05, 0) is 97.9 Å². The minimum atomic E-state index is -0.795. The summed E-state index contributed by atoms with van der Waals surface area (Å²) in [5, 5.41) is 0. The molecule has 0 nitrogen and oxygen atoms in total. The molecule has 4 rings (SSSR count). The van der Waals surface area contributed by atoms with Gasteiger partial charge >= 0.3 is 0 Å². The molecule has 0 amide bonds. The van der Waals surface area contributed by atoms with Crippen molar-refractivity contribution >= 4 is 0 Å². The normalized spacial score (nSPS) is 28.3. The van der Waals surface area contributed by atoms with E-state index >= 15 is 0 Å². The lowest BCUT2D eigenvalue weighted by Gasteiger charge is -2.41. The van der Waals surface area contributed by atoms with Crippen LogP contribution in [-0.2, 0) is 0 Å². The molecular weight excluding hydrogens is 338 g/mol. The third kappa shape index (κ3) is 4.00. The lowest BCUT2D eigenvalue weighted by molar-refractivity contribution is 0.133. The van der Waals surface area contributed by atoms with Crippen LogP contribution in [0.1, 0.15) is 56.9 Å². The molecule has 0 saturated heterocycles. The molecule has 0 spiro atoms. The summed E-state index contributed by atoms with van der Waals surface area (Å²) in [5.41, 5.74) is 3.07. The van der Waals surface area contributed by atoms with Gasteiger partial charge in [-0.15, -0.1) is 0 Å². The fourth-order valence-corrected chi connectivity index (χ4v) is 5.30. The maximum Gasteiger partial charge on any atom is 0.159 e. The molecular formula is C25H28F2. The summed E-state index contributed by atoms with van der Waals surface area (Å²) in [7, 11) is 0. The van der Waals surface area contributed by atoms with Crippen molar-refractivity contribution in [3.63, 3.8) is 0 Å². The third-order valence-corrected chi connectivity index (χ3v) is 6.75. The van der Waals surface area contributed by atoms with Gasteiger partial charge in [0.15, 0.2) is 11.6 Å². The first-order chi connectivity index (χ1) is 13.1. The Bertz CT molecular complexity index is 806. The zero-order chi connectivity index (χ0) is 18.8. The average Bonchev–Trinajstić information content (AvgIpc) is 2.70. The zero-order valence-corrected chi connectivity index (χ0v) is 16.0. The van der Waals surface area contributed by atoms with Crippen molar-refractivity contribution in [2.45, 2.75) is 51.4 Å². The van der Waals surface area contributed by atoms with Crippen molar-refractivity contribution in [3.05, 3.63) is 71.8 Å². The summed E-state index contributed by atoms with van der Waals surface area (Å²) in [6.07, 6.45) is 12.6. The molecule has 2 aromatic carbocycles. The molecule has 2 aromatic rings. The number of hydrogen-bond acceptors (Lipinski definition) is 0. The second-order valence-electron chi connectivity index (χ2n) is 8.38. The smallest absolute Gasteiger partial charge is 0.159 e. The number of halogens is 2. The summed E-state index contributed by atoms with van der Waals surface area (Å²) in [4.78, 5) is 0. The van der Waals surface area contributed by atoms with E-state index in [-0.39, 0.29) is 0 Å².